The molecule has 2 heterocycles. The van der Waals surface area contributed by atoms with E-state index in [4.69, 9.17) is 9.47 Å². The van der Waals surface area contributed by atoms with E-state index >= 15 is 0 Å². The number of carbonyl (C=O) groups excluding carboxylic acids is 1. The van der Waals surface area contributed by atoms with Crippen LogP contribution in [0, 0.1) is 0 Å². The predicted molar refractivity (Wildman–Crippen MR) is 62.8 cm³/mol. The Kier molecular flexibility index (Phi) is 2.31. The molecule has 0 radical (unpaired) electrons. The SMILES string of the molecule is CNc1ccc2c(c1)C1(OCCCO1)C(=O)N2. The van der Waals surface area contributed by atoms with Crippen LogP contribution in [-0.2, 0) is 20.1 Å². The molecule has 0 saturated carbocycles. The maximum atomic E-state index is 12.0. The molecule has 2 aliphatic rings. The minimum Gasteiger partial charge on any atom is -0.388 e. The van der Waals surface area contributed by atoms with E-state index in [2.05, 4.69) is 10.6 Å². The quantitative estimate of drug-likeness (QED) is 0.768. The van der Waals surface area contributed by atoms with Gasteiger partial charge in [-0.25, -0.2) is 0 Å². The third-order valence-electron chi connectivity index (χ3n) is 3.11. The summed E-state index contributed by atoms with van der Waals surface area (Å²) in [5.41, 5.74) is 2.45. The second-order valence-corrected chi connectivity index (χ2v) is 4.13. The topological polar surface area (TPSA) is 59.6 Å². The fourth-order valence-corrected chi connectivity index (χ4v) is 2.23. The second-order valence-electron chi connectivity index (χ2n) is 4.13. The van der Waals surface area contributed by atoms with Crippen molar-refractivity contribution in [2.75, 3.05) is 30.9 Å². The molecular formula is C12H14N2O3. The van der Waals surface area contributed by atoms with Gasteiger partial charge in [-0.3, -0.25) is 4.79 Å². The Labute approximate surface area is 99.1 Å². The van der Waals surface area contributed by atoms with Crippen LogP contribution >= 0.6 is 0 Å². The van der Waals surface area contributed by atoms with Gasteiger partial charge in [0.15, 0.2) is 0 Å². The number of benzene rings is 1. The summed E-state index contributed by atoms with van der Waals surface area (Å²) in [7, 11) is 1.83. The van der Waals surface area contributed by atoms with Crippen molar-refractivity contribution in [2.45, 2.75) is 12.2 Å². The van der Waals surface area contributed by atoms with E-state index in [1.807, 2.05) is 25.2 Å². The first-order valence-corrected chi connectivity index (χ1v) is 5.68. The van der Waals surface area contributed by atoms with Crippen LogP contribution in [0.1, 0.15) is 12.0 Å². The molecule has 1 saturated heterocycles. The standard InChI is InChI=1S/C12H14N2O3/c1-13-8-3-4-10-9(7-8)12(11(15)14-10)16-5-2-6-17-12/h3-4,7,13H,2,5-6H2,1H3,(H,14,15). The van der Waals surface area contributed by atoms with E-state index < -0.39 is 5.79 Å². The van der Waals surface area contributed by atoms with Gasteiger partial charge < -0.3 is 20.1 Å². The highest BCUT2D eigenvalue weighted by molar-refractivity contribution is 6.04. The first kappa shape index (κ1) is 10.6. The number of rotatable bonds is 1. The van der Waals surface area contributed by atoms with Gasteiger partial charge in [-0.15, -0.1) is 0 Å². The zero-order valence-corrected chi connectivity index (χ0v) is 9.58. The van der Waals surface area contributed by atoms with Crippen molar-refractivity contribution in [1.82, 2.24) is 0 Å². The molecule has 0 aromatic heterocycles. The molecule has 5 nitrogen and oxygen atoms in total. The molecule has 0 bridgehead atoms. The smallest absolute Gasteiger partial charge is 0.289 e. The number of hydrogen-bond donors (Lipinski definition) is 2. The minimum atomic E-state index is -1.24. The second kappa shape index (κ2) is 3.72. The van der Waals surface area contributed by atoms with Gasteiger partial charge in [0.05, 0.1) is 18.9 Å². The van der Waals surface area contributed by atoms with Gasteiger partial charge in [-0.2, -0.15) is 0 Å². The molecule has 1 amide bonds. The van der Waals surface area contributed by atoms with Gasteiger partial charge in [0.1, 0.15) is 0 Å². The highest BCUT2D eigenvalue weighted by atomic mass is 16.7. The first-order valence-electron chi connectivity index (χ1n) is 5.68. The van der Waals surface area contributed by atoms with Gasteiger partial charge in [-0.05, 0) is 24.6 Å². The van der Waals surface area contributed by atoms with Gasteiger partial charge in [0.25, 0.3) is 11.7 Å². The molecule has 0 aliphatic carbocycles. The van der Waals surface area contributed by atoms with E-state index in [0.717, 1.165) is 23.4 Å². The lowest BCUT2D eigenvalue weighted by molar-refractivity contribution is -0.255. The van der Waals surface area contributed by atoms with Crippen molar-refractivity contribution in [3.63, 3.8) is 0 Å². The average Bonchev–Trinajstić information content (AvgIpc) is 2.63. The zero-order chi connectivity index (χ0) is 11.9. The largest absolute Gasteiger partial charge is 0.388 e. The maximum Gasteiger partial charge on any atom is 0.289 e. The normalized spacial score (nSPS) is 21.1. The van der Waals surface area contributed by atoms with Gasteiger partial charge in [0.2, 0.25) is 0 Å². The summed E-state index contributed by atoms with van der Waals surface area (Å²) in [5.74, 6) is -1.47. The van der Waals surface area contributed by atoms with Crippen molar-refractivity contribution in [2.24, 2.45) is 0 Å². The van der Waals surface area contributed by atoms with E-state index in [9.17, 15) is 4.79 Å². The highest BCUT2D eigenvalue weighted by Gasteiger charge is 2.51. The molecule has 17 heavy (non-hydrogen) atoms. The number of ether oxygens (including phenoxy) is 2. The summed E-state index contributed by atoms with van der Waals surface area (Å²) in [6.45, 7) is 1.08. The number of amides is 1. The molecule has 3 rings (SSSR count). The van der Waals surface area contributed by atoms with E-state index in [0.29, 0.717) is 13.2 Å². The maximum absolute atomic E-state index is 12.0. The number of anilines is 2. The van der Waals surface area contributed by atoms with Gasteiger partial charge in [-0.1, -0.05) is 0 Å². The van der Waals surface area contributed by atoms with Crippen molar-refractivity contribution in [1.29, 1.82) is 0 Å². The molecular weight excluding hydrogens is 220 g/mol. The van der Waals surface area contributed by atoms with E-state index in [1.165, 1.54) is 0 Å². The molecule has 1 fully saturated rings. The lowest BCUT2D eigenvalue weighted by Gasteiger charge is -2.31. The Bertz CT molecular complexity index is 467. The number of fused-ring (bicyclic) bond motifs is 2. The third-order valence-corrected chi connectivity index (χ3v) is 3.11. The molecule has 0 atom stereocenters. The van der Waals surface area contributed by atoms with Crippen LogP contribution in [0.4, 0.5) is 11.4 Å². The number of nitrogens with one attached hydrogen (secondary N) is 2. The average molecular weight is 234 g/mol. The molecule has 90 valence electrons. The fourth-order valence-electron chi connectivity index (χ4n) is 2.23. The lowest BCUT2D eigenvalue weighted by Crippen LogP contribution is -2.43. The summed E-state index contributed by atoms with van der Waals surface area (Å²) < 4.78 is 11.2. The molecule has 1 aromatic rings. The zero-order valence-electron chi connectivity index (χ0n) is 9.58. The summed E-state index contributed by atoms with van der Waals surface area (Å²) in [6, 6.07) is 5.65. The Morgan fingerprint density at radius 3 is 2.82 bits per heavy atom. The Morgan fingerprint density at radius 2 is 2.12 bits per heavy atom. The minimum absolute atomic E-state index is 0.236. The summed E-state index contributed by atoms with van der Waals surface area (Å²) in [6.07, 6.45) is 0.816. The van der Waals surface area contributed by atoms with E-state index in [1.54, 1.807) is 0 Å². The van der Waals surface area contributed by atoms with Crippen LogP contribution in [0.3, 0.4) is 0 Å². The Morgan fingerprint density at radius 1 is 1.35 bits per heavy atom. The van der Waals surface area contributed by atoms with Crippen LogP contribution in [-0.4, -0.2) is 26.2 Å². The summed E-state index contributed by atoms with van der Waals surface area (Å²) >= 11 is 0. The van der Waals surface area contributed by atoms with Crippen LogP contribution in [0.25, 0.3) is 0 Å². The molecule has 2 aliphatic heterocycles. The predicted octanol–water partition coefficient (Wildman–Crippen LogP) is 1.27. The van der Waals surface area contributed by atoms with Crippen molar-refractivity contribution in [3.05, 3.63) is 23.8 Å². The fraction of sp³-hybridized carbons (Fsp3) is 0.417. The molecule has 0 unspecified atom stereocenters. The molecule has 1 aromatic carbocycles. The van der Waals surface area contributed by atoms with Crippen molar-refractivity contribution < 1.29 is 14.3 Å². The van der Waals surface area contributed by atoms with Crippen molar-refractivity contribution >= 4 is 17.3 Å². The molecule has 2 N–H and O–H groups in total. The van der Waals surface area contributed by atoms with Crippen LogP contribution in [0.5, 0.6) is 0 Å². The van der Waals surface area contributed by atoms with Crippen LogP contribution < -0.4 is 10.6 Å². The third kappa shape index (κ3) is 1.43. The van der Waals surface area contributed by atoms with Crippen molar-refractivity contribution in [3.8, 4) is 0 Å². The monoisotopic (exact) mass is 234 g/mol. The van der Waals surface area contributed by atoms with Gasteiger partial charge >= 0.3 is 0 Å². The van der Waals surface area contributed by atoms with Gasteiger partial charge in [0, 0.05) is 18.3 Å². The van der Waals surface area contributed by atoms with Crippen LogP contribution in [0.2, 0.25) is 0 Å². The highest BCUT2D eigenvalue weighted by Crippen LogP contribution is 2.42. The number of hydrogen-bond acceptors (Lipinski definition) is 4. The molecule has 1 spiro atoms. The molecule has 5 heteroatoms. The first-order chi connectivity index (χ1) is 8.26. The van der Waals surface area contributed by atoms with E-state index in [-0.39, 0.29) is 5.91 Å². The summed E-state index contributed by atoms with van der Waals surface area (Å²) in [4.78, 5) is 12.0. The Hall–Kier alpha value is -1.59. The number of carbonyl (C=O) groups is 1. The lowest BCUT2D eigenvalue weighted by atomic mass is 10.1. The van der Waals surface area contributed by atoms with Crippen LogP contribution in [0.15, 0.2) is 18.2 Å². The Balaban J connectivity index is 2.10. The summed E-state index contributed by atoms with van der Waals surface area (Å²) in [5, 5.41) is 5.84.